The first kappa shape index (κ1) is 34.1. The van der Waals surface area contributed by atoms with E-state index in [4.69, 9.17) is 24.1 Å². The van der Waals surface area contributed by atoms with Crippen molar-refractivity contribution in [3.63, 3.8) is 0 Å². The minimum Gasteiger partial charge on any atom is -0.479 e. The van der Waals surface area contributed by atoms with Gasteiger partial charge in [-0.3, -0.25) is 24.1 Å². The zero-order chi connectivity index (χ0) is 32.1. The molecule has 3 rings (SSSR count). The van der Waals surface area contributed by atoms with E-state index in [1.165, 1.54) is 40.2 Å². The molecule has 0 aliphatic carbocycles. The summed E-state index contributed by atoms with van der Waals surface area (Å²) in [4.78, 5) is 78.5. The Balaban J connectivity index is 2.35. The number of H-pyrrole nitrogens is 1. The number of carbonyl (C=O) groups is 5. The molecule has 1 aliphatic heterocycles. The number of hydrogen-bond donors (Lipinski definition) is 6. The van der Waals surface area contributed by atoms with Gasteiger partial charge in [0, 0.05) is 18.5 Å². The van der Waals surface area contributed by atoms with Gasteiger partial charge in [0.05, 0.1) is 30.1 Å². The van der Waals surface area contributed by atoms with Gasteiger partial charge in [0.2, 0.25) is 17.4 Å². The highest BCUT2D eigenvalue weighted by atomic mass is 32.1. The molecule has 2 heterocycles. The van der Waals surface area contributed by atoms with E-state index < -0.39 is 69.6 Å². The Kier molecular flexibility index (Phi) is 11.0. The number of nitrogens with one attached hydrogen (secondary N) is 2. The van der Waals surface area contributed by atoms with Crippen LogP contribution in [0.2, 0.25) is 0 Å². The van der Waals surface area contributed by atoms with Crippen LogP contribution in [0.4, 0.5) is 0 Å². The van der Waals surface area contributed by atoms with Gasteiger partial charge in [0.25, 0.3) is 0 Å². The third kappa shape index (κ3) is 6.44. The van der Waals surface area contributed by atoms with Gasteiger partial charge < -0.3 is 26.9 Å². The number of nitrogens with zero attached hydrogens (tertiary/aromatic N) is 2. The second kappa shape index (κ2) is 13.9. The Hall–Kier alpha value is -3.39. The Labute approximate surface area is 256 Å². The van der Waals surface area contributed by atoms with Crippen LogP contribution in [-0.4, -0.2) is 84.3 Å². The molecule has 5 atom stereocenters. The van der Waals surface area contributed by atoms with Crippen molar-refractivity contribution in [1.29, 1.82) is 0 Å². The quantitative estimate of drug-likeness (QED) is 0.130. The van der Waals surface area contributed by atoms with E-state index in [-0.39, 0.29) is 19.3 Å². The van der Waals surface area contributed by atoms with Crippen LogP contribution >= 0.6 is 12.6 Å². The van der Waals surface area contributed by atoms with E-state index in [0.717, 1.165) is 0 Å². The molecule has 7 N–H and O–H groups in total. The molecule has 1 saturated heterocycles. The highest BCUT2D eigenvalue weighted by molar-refractivity contribution is 7.83. The van der Waals surface area contributed by atoms with Gasteiger partial charge >= 0.3 is 5.97 Å². The number of imide groups is 1. The lowest BCUT2D eigenvalue weighted by Gasteiger charge is -2.52. The number of amides is 2. The molecule has 1 fully saturated rings. The number of carboxylic acids is 1. The van der Waals surface area contributed by atoms with Gasteiger partial charge in [-0.05, 0) is 43.4 Å². The summed E-state index contributed by atoms with van der Waals surface area (Å²) in [5, 5.41) is 14.1. The standard InChI is InChI=1S/C30H41N6O6S/c1-17(2)24(37)30(43,18(3)4)29(28(41)42,25(38)23-11-8-12-34-23)36(27(40)22(32)14-20-15-33-16-35-20)26(39)21(31)13-19-9-6-5-7-10-19/h5-7,9,15-18,21-23,34,43H,8,11-14,31-32H2,1-4H3,(H,33,35)(H,41,42). The lowest BCUT2D eigenvalue weighted by Crippen LogP contribution is -2.81. The van der Waals surface area contributed by atoms with Crippen molar-refractivity contribution in [2.75, 3.05) is 6.54 Å². The van der Waals surface area contributed by atoms with Crippen molar-refractivity contribution in [1.82, 2.24) is 20.2 Å². The number of carboxylic acid groups (broad SMARTS) is 1. The number of carbonyl (C=O) groups excluding carboxylic acids is 4. The molecule has 43 heavy (non-hydrogen) atoms. The van der Waals surface area contributed by atoms with E-state index >= 15 is 0 Å². The fourth-order valence-corrected chi connectivity index (χ4v) is 6.25. The van der Waals surface area contributed by atoms with Crippen LogP contribution in [-0.2, 0) is 36.8 Å². The van der Waals surface area contributed by atoms with Crippen molar-refractivity contribution in [3.8, 4) is 0 Å². The number of rotatable bonds is 14. The van der Waals surface area contributed by atoms with Crippen LogP contribution in [0.1, 0.15) is 51.8 Å². The van der Waals surface area contributed by atoms with Crippen LogP contribution in [0.3, 0.4) is 0 Å². The number of aromatic nitrogens is 2. The molecule has 1 aromatic carbocycles. The van der Waals surface area contributed by atoms with Crippen molar-refractivity contribution < 1.29 is 29.1 Å². The average Bonchev–Trinajstić information content (AvgIpc) is 3.69. The normalized spacial score (nSPS) is 19.3. The topological polar surface area (TPSA) is 202 Å². The number of aliphatic carboxylic acids is 1. The summed E-state index contributed by atoms with van der Waals surface area (Å²) >= 11 is 4.72. The number of ketones is 2. The number of benzene rings is 1. The van der Waals surface area contributed by atoms with Crippen molar-refractivity contribution in [2.45, 2.75) is 81.8 Å². The first-order valence-corrected chi connectivity index (χ1v) is 14.8. The Morgan fingerprint density at radius 2 is 1.77 bits per heavy atom. The Morgan fingerprint density at radius 1 is 1.12 bits per heavy atom. The Bertz CT molecular complexity index is 1310. The molecule has 1 aromatic heterocycles. The predicted molar refractivity (Wildman–Crippen MR) is 162 cm³/mol. The minimum atomic E-state index is -3.11. The molecule has 0 bridgehead atoms. The highest BCUT2D eigenvalue weighted by Crippen LogP contribution is 2.46. The molecule has 0 spiro atoms. The van der Waals surface area contributed by atoms with Crippen LogP contribution in [0.15, 0.2) is 36.8 Å². The first-order valence-electron chi connectivity index (χ1n) is 14.3. The van der Waals surface area contributed by atoms with Gasteiger partial charge in [-0.2, -0.15) is 12.6 Å². The fourth-order valence-electron chi connectivity index (χ4n) is 5.68. The van der Waals surface area contributed by atoms with Gasteiger partial charge in [0.1, 0.15) is 4.75 Å². The summed E-state index contributed by atoms with van der Waals surface area (Å²) in [6.45, 7) is 6.52. The lowest BCUT2D eigenvalue weighted by atomic mass is 9.65. The number of thiol groups is 1. The van der Waals surface area contributed by atoms with Crippen molar-refractivity contribution in [3.05, 3.63) is 54.1 Å². The maximum absolute atomic E-state index is 14.7. The monoisotopic (exact) mass is 613 g/mol. The molecule has 0 saturated carbocycles. The summed E-state index contributed by atoms with van der Waals surface area (Å²) in [6.07, 6.45) is 3.30. The third-order valence-electron chi connectivity index (χ3n) is 7.94. The van der Waals surface area contributed by atoms with Crippen molar-refractivity contribution >= 4 is 42.0 Å². The molecule has 2 amide bonds. The van der Waals surface area contributed by atoms with E-state index in [2.05, 4.69) is 21.4 Å². The molecule has 5 unspecified atom stereocenters. The first-order chi connectivity index (χ1) is 20.2. The molecular weight excluding hydrogens is 572 g/mol. The zero-order valence-corrected chi connectivity index (χ0v) is 25.8. The van der Waals surface area contributed by atoms with E-state index in [9.17, 15) is 29.1 Å². The summed E-state index contributed by atoms with van der Waals surface area (Å²) in [5.74, 6) is -7.78. The summed E-state index contributed by atoms with van der Waals surface area (Å²) < 4.78 is -2.37. The SMILES string of the molecule is CC(C)C(=O)C(S)(C(C)C)C(C(=O)O)(C(=O)C1CCCN1)N(C(=O)C(N)Cc1[c]cccc1)C(=O)C(N)Cc1c[nH]cn1. The zero-order valence-electron chi connectivity index (χ0n) is 24.9. The second-order valence-corrected chi connectivity index (χ2v) is 12.3. The molecule has 1 aliphatic rings. The largest absolute Gasteiger partial charge is 0.479 e. The number of Topliss-reactive ketones (excluding diaryl/α,β-unsaturated/α-hetero) is 2. The number of nitrogens with two attached hydrogens (primary N) is 2. The van der Waals surface area contributed by atoms with E-state index in [0.29, 0.717) is 29.1 Å². The Morgan fingerprint density at radius 3 is 2.23 bits per heavy atom. The van der Waals surface area contributed by atoms with Crippen LogP contribution < -0.4 is 16.8 Å². The highest BCUT2D eigenvalue weighted by Gasteiger charge is 2.72. The van der Waals surface area contributed by atoms with Crippen LogP contribution in [0.25, 0.3) is 0 Å². The van der Waals surface area contributed by atoms with Gasteiger partial charge in [-0.15, -0.1) is 0 Å². The van der Waals surface area contributed by atoms with Gasteiger partial charge in [0.15, 0.2) is 11.6 Å². The smallest absolute Gasteiger partial charge is 0.340 e. The fraction of sp³-hybridized carbons (Fsp3) is 0.533. The van der Waals surface area contributed by atoms with Crippen LogP contribution in [0, 0.1) is 17.9 Å². The third-order valence-corrected chi connectivity index (χ3v) is 9.00. The summed E-state index contributed by atoms with van der Waals surface area (Å²) in [6, 6.07) is 5.56. The molecular formula is C30H41N6O6S. The molecule has 13 heteroatoms. The number of hydrogen-bond acceptors (Lipinski definition) is 10. The van der Waals surface area contributed by atoms with Gasteiger partial charge in [-0.25, -0.2) is 9.78 Å². The maximum atomic E-state index is 14.7. The summed E-state index contributed by atoms with van der Waals surface area (Å²) in [7, 11) is 0. The lowest BCUT2D eigenvalue weighted by molar-refractivity contribution is -0.177. The minimum absolute atomic E-state index is 0.136. The van der Waals surface area contributed by atoms with E-state index in [1.807, 2.05) is 0 Å². The van der Waals surface area contributed by atoms with Crippen molar-refractivity contribution in [2.24, 2.45) is 23.3 Å². The van der Waals surface area contributed by atoms with E-state index in [1.54, 1.807) is 24.3 Å². The number of imidazole rings is 1. The summed E-state index contributed by atoms with van der Waals surface area (Å²) in [5.41, 5.74) is 10.5. The second-order valence-electron chi connectivity index (χ2n) is 11.6. The predicted octanol–water partition coefficient (Wildman–Crippen LogP) is 0.699. The van der Waals surface area contributed by atoms with Crippen LogP contribution in [0.5, 0.6) is 0 Å². The molecule has 1 radical (unpaired) electrons. The molecule has 12 nitrogen and oxygen atoms in total. The molecule has 233 valence electrons. The number of aromatic amines is 1. The maximum Gasteiger partial charge on any atom is 0.340 e. The molecule has 2 aromatic rings. The van der Waals surface area contributed by atoms with Gasteiger partial charge in [-0.1, -0.05) is 52.0 Å². The average molecular weight is 614 g/mol.